The zero-order chi connectivity index (χ0) is 18.6. The van der Waals surface area contributed by atoms with E-state index >= 15 is 0 Å². The molecular weight excluding hydrogens is 346 g/mol. The average Bonchev–Trinajstić information content (AvgIpc) is 2.66. The van der Waals surface area contributed by atoms with Crippen molar-refractivity contribution in [3.63, 3.8) is 0 Å². The molecule has 1 aliphatic carbocycles. The number of ether oxygens (including phenoxy) is 1. The van der Waals surface area contributed by atoms with Gasteiger partial charge in [0.15, 0.2) is 0 Å². The van der Waals surface area contributed by atoms with Crippen molar-refractivity contribution in [2.75, 3.05) is 6.61 Å². The molecule has 0 saturated heterocycles. The molecule has 0 bridgehead atoms. The largest absolute Gasteiger partial charge is 0.494 e. The zero-order valence-corrected chi connectivity index (χ0v) is 16.3. The van der Waals surface area contributed by atoms with Crippen LogP contribution in [0.5, 0.6) is 5.75 Å². The molecule has 2 aromatic carbocycles. The van der Waals surface area contributed by atoms with E-state index in [9.17, 15) is 8.42 Å². The number of fused-ring (bicyclic) bond motifs is 1. The molecule has 1 atom stereocenters. The van der Waals surface area contributed by atoms with Gasteiger partial charge in [-0.1, -0.05) is 25.1 Å². The van der Waals surface area contributed by atoms with Crippen molar-refractivity contribution in [3.8, 4) is 5.75 Å². The lowest BCUT2D eigenvalue weighted by Crippen LogP contribution is -2.28. The van der Waals surface area contributed by atoms with Crippen LogP contribution in [0.1, 0.15) is 55.8 Å². The van der Waals surface area contributed by atoms with Gasteiger partial charge in [0.05, 0.1) is 11.5 Å². The van der Waals surface area contributed by atoms with Crippen LogP contribution < -0.4 is 9.46 Å². The molecule has 0 amide bonds. The van der Waals surface area contributed by atoms with Crippen molar-refractivity contribution in [1.82, 2.24) is 4.72 Å². The molecule has 2 aromatic rings. The predicted molar refractivity (Wildman–Crippen MR) is 104 cm³/mol. The van der Waals surface area contributed by atoms with Crippen molar-refractivity contribution in [2.24, 2.45) is 0 Å². The third kappa shape index (κ3) is 4.27. The number of benzene rings is 2. The first-order valence-corrected chi connectivity index (χ1v) is 10.9. The summed E-state index contributed by atoms with van der Waals surface area (Å²) in [7, 11) is -3.58. The van der Waals surface area contributed by atoms with E-state index in [-0.39, 0.29) is 10.9 Å². The SMILES string of the molecule is CCOc1ccc(S(=O)(=O)N[C@H](CC)c2ccc3c(c2)CCCC3)cc1. The number of hydrogen-bond donors (Lipinski definition) is 1. The summed E-state index contributed by atoms with van der Waals surface area (Å²) in [6.45, 7) is 4.46. The molecule has 0 heterocycles. The molecule has 0 radical (unpaired) electrons. The zero-order valence-electron chi connectivity index (χ0n) is 15.5. The van der Waals surface area contributed by atoms with Crippen LogP contribution in [-0.4, -0.2) is 15.0 Å². The Hall–Kier alpha value is -1.85. The molecule has 1 aliphatic rings. The standard InChI is InChI=1S/C21H27NO3S/c1-3-21(18-10-9-16-7-5-6-8-17(16)15-18)22-26(23,24)20-13-11-19(12-14-20)25-4-2/h9-15,21-22H,3-8H2,1-2H3/t21-/m1/s1. The Morgan fingerprint density at radius 2 is 1.69 bits per heavy atom. The Morgan fingerprint density at radius 1 is 1.00 bits per heavy atom. The van der Waals surface area contributed by atoms with Gasteiger partial charge in [-0.25, -0.2) is 13.1 Å². The van der Waals surface area contributed by atoms with Gasteiger partial charge in [0.2, 0.25) is 10.0 Å². The van der Waals surface area contributed by atoms with Gasteiger partial charge in [-0.2, -0.15) is 0 Å². The van der Waals surface area contributed by atoms with E-state index in [1.165, 1.54) is 24.0 Å². The quantitative estimate of drug-likeness (QED) is 0.783. The van der Waals surface area contributed by atoms with Crippen molar-refractivity contribution in [2.45, 2.75) is 56.9 Å². The molecule has 4 nitrogen and oxygen atoms in total. The number of sulfonamides is 1. The lowest BCUT2D eigenvalue weighted by molar-refractivity contribution is 0.340. The molecule has 140 valence electrons. The van der Waals surface area contributed by atoms with Gasteiger partial charge in [0.25, 0.3) is 0 Å². The Morgan fingerprint density at radius 3 is 2.35 bits per heavy atom. The van der Waals surface area contributed by atoms with Crippen molar-refractivity contribution >= 4 is 10.0 Å². The maximum absolute atomic E-state index is 12.8. The van der Waals surface area contributed by atoms with Gasteiger partial charge in [0, 0.05) is 6.04 Å². The summed E-state index contributed by atoms with van der Waals surface area (Å²) in [6, 6.07) is 12.8. The fraction of sp³-hybridized carbons (Fsp3) is 0.429. The third-order valence-electron chi connectivity index (χ3n) is 4.93. The Labute approximate surface area is 156 Å². The molecule has 0 aliphatic heterocycles. The van der Waals surface area contributed by atoms with Gasteiger partial charge >= 0.3 is 0 Å². The van der Waals surface area contributed by atoms with E-state index in [0.29, 0.717) is 18.8 Å². The van der Waals surface area contributed by atoms with Crippen LogP contribution in [0, 0.1) is 0 Å². The van der Waals surface area contributed by atoms with Crippen molar-refractivity contribution in [1.29, 1.82) is 0 Å². The smallest absolute Gasteiger partial charge is 0.241 e. The van der Waals surface area contributed by atoms with Crippen LogP contribution in [0.25, 0.3) is 0 Å². The fourth-order valence-corrected chi connectivity index (χ4v) is 4.80. The van der Waals surface area contributed by atoms with Crippen LogP contribution in [0.4, 0.5) is 0 Å². The van der Waals surface area contributed by atoms with Gasteiger partial charge < -0.3 is 4.74 Å². The highest BCUT2D eigenvalue weighted by molar-refractivity contribution is 7.89. The molecule has 3 rings (SSSR count). The van der Waals surface area contributed by atoms with Crippen molar-refractivity contribution in [3.05, 3.63) is 59.2 Å². The molecular formula is C21H27NO3S. The van der Waals surface area contributed by atoms with Gasteiger partial charge in [0.1, 0.15) is 5.75 Å². The first kappa shape index (κ1) is 18.9. The summed E-state index contributed by atoms with van der Waals surface area (Å²) in [5.41, 5.74) is 3.82. The Balaban J connectivity index is 1.80. The molecule has 5 heteroatoms. The minimum absolute atomic E-state index is 0.223. The predicted octanol–water partition coefficient (Wildman–Crippen LogP) is 4.39. The first-order valence-electron chi connectivity index (χ1n) is 9.40. The van der Waals surface area contributed by atoms with Crippen LogP contribution in [0.2, 0.25) is 0 Å². The normalized spacial score (nSPS) is 15.3. The summed E-state index contributed by atoms with van der Waals surface area (Å²) >= 11 is 0. The lowest BCUT2D eigenvalue weighted by atomic mass is 9.89. The second-order valence-corrected chi connectivity index (χ2v) is 8.44. The van der Waals surface area contributed by atoms with E-state index in [0.717, 1.165) is 18.4 Å². The molecule has 0 aromatic heterocycles. The van der Waals surface area contributed by atoms with Crippen LogP contribution >= 0.6 is 0 Å². The van der Waals surface area contributed by atoms with Crippen LogP contribution in [-0.2, 0) is 22.9 Å². The fourth-order valence-electron chi connectivity index (χ4n) is 3.49. The highest BCUT2D eigenvalue weighted by atomic mass is 32.2. The Bertz CT molecular complexity index is 844. The first-order chi connectivity index (χ1) is 12.5. The second-order valence-electron chi connectivity index (χ2n) is 6.72. The topological polar surface area (TPSA) is 55.4 Å². The van der Waals surface area contributed by atoms with Crippen LogP contribution in [0.3, 0.4) is 0 Å². The van der Waals surface area contributed by atoms with Gasteiger partial charge in [-0.15, -0.1) is 0 Å². The summed E-state index contributed by atoms with van der Waals surface area (Å²) < 4.78 is 33.8. The Kier molecular flexibility index (Phi) is 5.99. The maximum atomic E-state index is 12.8. The highest BCUT2D eigenvalue weighted by Gasteiger charge is 2.21. The van der Waals surface area contributed by atoms with E-state index < -0.39 is 10.0 Å². The van der Waals surface area contributed by atoms with Crippen LogP contribution in [0.15, 0.2) is 47.4 Å². The average molecular weight is 374 g/mol. The summed E-state index contributed by atoms with van der Waals surface area (Å²) in [6.07, 6.45) is 5.38. The second kappa shape index (κ2) is 8.23. The molecule has 0 unspecified atom stereocenters. The summed E-state index contributed by atoms with van der Waals surface area (Å²) in [4.78, 5) is 0.261. The van der Waals surface area contributed by atoms with E-state index in [2.05, 4.69) is 22.9 Å². The summed E-state index contributed by atoms with van der Waals surface area (Å²) in [5.74, 6) is 0.674. The van der Waals surface area contributed by atoms with E-state index in [1.54, 1.807) is 24.3 Å². The van der Waals surface area contributed by atoms with Gasteiger partial charge in [-0.05, 0) is 80.0 Å². The van der Waals surface area contributed by atoms with E-state index in [1.807, 2.05) is 13.8 Å². The summed E-state index contributed by atoms with van der Waals surface area (Å²) in [5, 5.41) is 0. The number of nitrogens with one attached hydrogen (secondary N) is 1. The molecule has 26 heavy (non-hydrogen) atoms. The minimum Gasteiger partial charge on any atom is -0.494 e. The van der Waals surface area contributed by atoms with Crippen molar-refractivity contribution < 1.29 is 13.2 Å². The molecule has 0 saturated carbocycles. The van der Waals surface area contributed by atoms with E-state index in [4.69, 9.17) is 4.74 Å². The number of aryl methyl sites for hydroxylation is 2. The molecule has 0 spiro atoms. The monoisotopic (exact) mass is 373 g/mol. The number of hydrogen-bond acceptors (Lipinski definition) is 3. The number of rotatable bonds is 7. The highest BCUT2D eigenvalue weighted by Crippen LogP contribution is 2.27. The lowest BCUT2D eigenvalue weighted by Gasteiger charge is -2.21. The third-order valence-corrected chi connectivity index (χ3v) is 6.41. The minimum atomic E-state index is -3.58. The maximum Gasteiger partial charge on any atom is 0.241 e. The molecule has 0 fully saturated rings. The van der Waals surface area contributed by atoms with Gasteiger partial charge in [-0.3, -0.25) is 0 Å². The molecule has 1 N–H and O–H groups in total.